The van der Waals surface area contributed by atoms with Crippen LogP contribution in [0.4, 0.5) is 5.69 Å². The lowest BCUT2D eigenvalue weighted by Crippen LogP contribution is -2.14. The van der Waals surface area contributed by atoms with Crippen LogP contribution in [0.1, 0.15) is 23.0 Å². The standard InChI is InChI=1S/C14H14N6O2/c1-9-8-15-14(22-9)7-13(21)16-11-4-2-10(3-5-11)6-12-17-19-20-18-12/h2-5,8H,6-7H2,1H3,(H,16,21)(H,17,18,19,20). The molecule has 8 nitrogen and oxygen atoms in total. The zero-order chi connectivity index (χ0) is 15.4. The molecule has 1 amide bonds. The smallest absolute Gasteiger partial charge is 0.233 e. The topological polar surface area (TPSA) is 110 Å². The Morgan fingerprint density at radius 1 is 1.32 bits per heavy atom. The quantitative estimate of drug-likeness (QED) is 0.734. The lowest BCUT2D eigenvalue weighted by Gasteiger charge is -2.04. The lowest BCUT2D eigenvalue weighted by molar-refractivity contribution is -0.115. The highest BCUT2D eigenvalue weighted by molar-refractivity contribution is 5.91. The second kappa shape index (κ2) is 6.17. The van der Waals surface area contributed by atoms with Crippen molar-refractivity contribution in [2.75, 3.05) is 5.32 Å². The van der Waals surface area contributed by atoms with Crippen molar-refractivity contribution in [2.24, 2.45) is 0 Å². The van der Waals surface area contributed by atoms with E-state index >= 15 is 0 Å². The van der Waals surface area contributed by atoms with Crippen LogP contribution in [0.25, 0.3) is 0 Å². The van der Waals surface area contributed by atoms with Crippen molar-refractivity contribution in [2.45, 2.75) is 19.8 Å². The third-order valence-corrected chi connectivity index (χ3v) is 2.97. The van der Waals surface area contributed by atoms with Gasteiger partial charge in [-0.05, 0) is 24.6 Å². The highest BCUT2D eigenvalue weighted by atomic mass is 16.4. The summed E-state index contributed by atoms with van der Waals surface area (Å²) in [5.74, 6) is 1.54. The lowest BCUT2D eigenvalue weighted by atomic mass is 10.1. The summed E-state index contributed by atoms with van der Waals surface area (Å²) in [5.41, 5.74) is 1.74. The highest BCUT2D eigenvalue weighted by Gasteiger charge is 2.09. The number of nitrogens with one attached hydrogen (secondary N) is 2. The van der Waals surface area contributed by atoms with Crippen molar-refractivity contribution in [3.8, 4) is 0 Å². The van der Waals surface area contributed by atoms with Crippen LogP contribution in [0.15, 0.2) is 34.9 Å². The average Bonchev–Trinajstić information content (AvgIpc) is 3.13. The van der Waals surface area contributed by atoms with Crippen LogP contribution < -0.4 is 5.32 Å². The minimum atomic E-state index is -0.173. The molecule has 0 aliphatic carbocycles. The number of aryl methyl sites for hydroxylation is 1. The van der Waals surface area contributed by atoms with Crippen molar-refractivity contribution in [3.63, 3.8) is 0 Å². The predicted octanol–water partition coefficient (Wildman–Crippen LogP) is 1.27. The van der Waals surface area contributed by atoms with Crippen molar-refractivity contribution in [1.82, 2.24) is 25.6 Å². The second-order valence-corrected chi connectivity index (χ2v) is 4.79. The minimum absolute atomic E-state index is 0.110. The fourth-order valence-electron chi connectivity index (χ4n) is 1.97. The summed E-state index contributed by atoms with van der Waals surface area (Å²) in [6.45, 7) is 1.79. The first-order valence-corrected chi connectivity index (χ1v) is 6.71. The van der Waals surface area contributed by atoms with E-state index in [2.05, 4.69) is 30.9 Å². The molecule has 2 aromatic heterocycles. The Hall–Kier alpha value is -3.03. The number of anilines is 1. The molecule has 22 heavy (non-hydrogen) atoms. The number of hydrogen-bond donors (Lipinski definition) is 2. The Morgan fingerprint density at radius 2 is 2.14 bits per heavy atom. The van der Waals surface area contributed by atoms with Crippen LogP contribution in [0.2, 0.25) is 0 Å². The number of aromatic nitrogens is 5. The molecule has 0 spiro atoms. The normalized spacial score (nSPS) is 10.6. The predicted molar refractivity (Wildman–Crippen MR) is 77.0 cm³/mol. The van der Waals surface area contributed by atoms with Crippen LogP contribution in [0.3, 0.4) is 0 Å². The number of rotatable bonds is 5. The van der Waals surface area contributed by atoms with E-state index in [9.17, 15) is 4.79 Å². The van der Waals surface area contributed by atoms with Gasteiger partial charge in [0.1, 0.15) is 12.2 Å². The Balaban J connectivity index is 1.57. The molecule has 2 heterocycles. The van der Waals surface area contributed by atoms with E-state index < -0.39 is 0 Å². The molecule has 1 aromatic carbocycles. The van der Waals surface area contributed by atoms with Crippen LogP contribution in [-0.2, 0) is 17.6 Å². The molecule has 112 valence electrons. The van der Waals surface area contributed by atoms with E-state index in [-0.39, 0.29) is 12.3 Å². The molecule has 2 N–H and O–H groups in total. The number of amides is 1. The molecule has 0 aliphatic heterocycles. The molecule has 8 heteroatoms. The first-order chi connectivity index (χ1) is 10.7. The summed E-state index contributed by atoms with van der Waals surface area (Å²) in [6, 6.07) is 7.46. The summed E-state index contributed by atoms with van der Waals surface area (Å²) in [6.07, 6.45) is 2.29. The molecule has 0 saturated heterocycles. The fraction of sp³-hybridized carbons (Fsp3) is 0.214. The molecular weight excluding hydrogens is 284 g/mol. The van der Waals surface area contributed by atoms with Crippen LogP contribution >= 0.6 is 0 Å². The number of benzene rings is 1. The van der Waals surface area contributed by atoms with Gasteiger partial charge in [-0.1, -0.05) is 17.3 Å². The number of H-pyrrole nitrogens is 1. The van der Waals surface area contributed by atoms with Crippen molar-refractivity contribution < 1.29 is 9.21 Å². The largest absolute Gasteiger partial charge is 0.445 e. The maximum Gasteiger partial charge on any atom is 0.233 e. The third-order valence-electron chi connectivity index (χ3n) is 2.97. The summed E-state index contributed by atoms with van der Waals surface area (Å²) >= 11 is 0. The SMILES string of the molecule is Cc1cnc(CC(=O)Nc2ccc(Cc3nn[nH]n3)cc2)o1. The number of tetrazole rings is 1. The Labute approximate surface area is 126 Å². The minimum Gasteiger partial charge on any atom is -0.445 e. The second-order valence-electron chi connectivity index (χ2n) is 4.79. The Morgan fingerprint density at radius 3 is 2.77 bits per heavy atom. The Bertz CT molecular complexity index is 748. The number of hydrogen-bond acceptors (Lipinski definition) is 6. The summed E-state index contributed by atoms with van der Waals surface area (Å²) in [4.78, 5) is 15.9. The molecule has 3 rings (SSSR count). The summed E-state index contributed by atoms with van der Waals surface area (Å²) in [5, 5.41) is 16.5. The first kappa shape index (κ1) is 13.9. The van der Waals surface area contributed by atoms with Crippen molar-refractivity contribution in [1.29, 1.82) is 0 Å². The number of nitrogens with zero attached hydrogens (tertiary/aromatic N) is 4. The van der Waals surface area contributed by atoms with Gasteiger partial charge in [-0.15, -0.1) is 10.2 Å². The number of carbonyl (C=O) groups excluding carboxylic acids is 1. The molecular formula is C14H14N6O2. The van der Waals surface area contributed by atoms with Crippen LogP contribution in [0.5, 0.6) is 0 Å². The fourth-order valence-corrected chi connectivity index (χ4v) is 1.97. The van der Waals surface area contributed by atoms with Gasteiger partial charge in [-0.25, -0.2) is 4.98 Å². The maximum absolute atomic E-state index is 11.9. The third kappa shape index (κ3) is 3.54. The molecule has 0 atom stereocenters. The van der Waals surface area contributed by atoms with Gasteiger partial charge in [0.25, 0.3) is 0 Å². The zero-order valence-electron chi connectivity index (χ0n) is 11.9. The highest BCUT2D eigenvalue weighted by Crippen LogP contribution is 2.12. The summed E-state index contributed by atoms with van der Waals surface area (Å²) < 4.78 is 5.27. The van der Waals surface area contributed by atoms with E-state index in [1.807, 2.05) is 24.3 Å². The van der Waals surface area contributed by atoms with E-state index in [4.69, 9.17) is 4.42 Å². The maximum atomic E-state index is 11.9. The number of aromatic amines is 1. The van der Waals surface area contributed by atoms with E-state index in [1.54, 1.807) is 13.1 Å². The first-order valence-electron chi connectivity index (χ1n) is 6.71. The van der Waals surface area contributed by atoms with Crippen LogP contribution in [0, 0.1) is 6.92 Å². The van der Waals surface area contributed by atoms with Gasteiger partial charge in [-0.2, -0.15) is 5.21 Å². The zero-order valence-corrected chi connectivity index (χ0v) is 11.9. The van der Waals surface area contributed by atoms with Gasteiger partial charge in [0.05, 0.1) is 6.20 Å². The van der Waals surface area contributed by atoms with E-state index in [1.165, 1.54) is 0 Å². The van der Waals surface area contributed by atoms with E-state index in [0.29, 0.717) is 29.6 Å². The molecule has 0 saturated carbocycles. The van der Waals surface area contributed by atoms with E-state index in [0.717, 1.165) is 5.56 Å². The monoisotopic (exact) mass is 298 g/mol. The molecule has 0 bridgehead atoms. The average molecular weight is 298 g/mol. The van der Waals surface area contributed by atoms with Gasteiger partial charge in [0.2, 0.25) is 11.8 Å². The van der Waals surface area contributed by atoms with Gasteiger partial charge in [0, 0.05) is 12.1 Å². The molecule has 0 fully saturated rings. The Kier molecular flexibility index (Phi) is 3.90. The van der Waals surface area contributed by atoms with Gasteiger partial charge in [-0.3, -0.25) is 4.79 Å². The van der Waals surface area contributed by atoms with Gasteiger partial charge >= 0.3 is 0 Å². The number of oxazole rings is 1. The number of carbonyl (C=O) groups is 1. The van der Waals surface area contributed by atoms with Gasteiger partial charge in [0.15, 0.2) is 5.82 Å². The van der Waals surface area contributed by atoms with Gasteiger partial charge < -0.3 is 9.73 Å². The molecule has 0 radical (unpaired) electrons. The van der Waals surface area contributed by atoms with Crippen molar-refractivity contribution >= 4 is 11.6 Å². The molecule has 3 aromatic rings. The molecule has 0 aliphatic rings. The van der Waals surface area contributed by atoms with Crippen LogP contribution in [-0.4, -0.2) is 31.5 Å². The summed E-state index contributed by atoms with van der Waals surface area (Å²) in [7, 11) is 0. The van der Waals surface area contributed by atoms with Crippen molar-refractivity contribution in [3.05, 3.63) is 53.5 Å². The molecule has 0 unspecified atom stereocenters.